The smallest absolute Gasteiger partial charge is 0.360 e. The van der Waals surface area contributed by atoms with Gasteiger partial charge in [0.1, 0.15) is 11.4 Å². The van der Waals surface area contributed by atoms with Crippen LogP contribution in [0.3, 0.4) is 0 Å². The Bertz CT molecular complexity index is 1250. The van der Waals surface area contributed by atoms with E-state index in [2.05, 4.69) is 9.36 Å². The maximum Gasteiger partial charge on any atom is 0.431 e. The first-order valence-electron chi connectivity index (χ1n) is 7.73. The van der Waals surface area contributed by atoms with Gasteiger partial charge < -0.3 is 9.97 Å². The zero-order valence-electron chi connectivity index (χ0n) is 13.7. The van der Waals surface area contributed by atoms with E-state index in [0.717, 1.165) is 16.0 Å². The van der Waals surface area contributed by atoms with Crippen molar-refractivity contribution in [2.45, 2.75) is 13.1 Å². The fourth-order valence-electron chi connectivity index (χ4n) is 2.84. The molecule has 0 aliphatic heterocycles. The number of aromatic nitrogens is 4. The number of H-pyrrole nitrogens is 2. The van der Waals surface area contributed by atoms with Gasteiger partial charge in [-0.25, -0.2) is 9.36 Å². The average Bonchev–Trinajstić information content (AvgIpc) is 3.18. The first kappa shape index (κ1) is 17.3. The molecule has 3 aromatic heterocycles. The molecule has 0 bridgehead atoms. The number of nitrogens with one attached hydrogen (secondary N) is 2. The van der Waals surface area contributed by atoms with Crippen LogP contribution in [-0.2, 0) is 6.18 Å². The van der Waals surface area contributed by atoms with Crippen LogP contribution in [-0.4, -0.2) is 18.9 Å². The van der Waals surface area contributed by atoms with E-state index in [1.807, 2.05) is 13.0 Å². The van der Waals surface area contributed by atoms with Crippen LogP contribution in [0.1, 0.15) is 11.3 Å². The van der Waals surface area contributed by atoms with Gasteiger partial charge in [0.15, 0.2) is 0 Å². The van der Waals surface area contributed by atoms with Gasteiger partial charge in [0.25, 0.3) is 5.56 Å². The predicted molar refractivity (Wildman–Crippen MR) is 95.4 cm³/mol. The van der Waals surface area contributed by atoms with Crippen molar-refractivity contribution in [1.82, 2.24) is 18.9 Å². The highest BCUT2D eigenvalue weighted by molar-refractivity contribution is 7.13. The molecule has 4 aromatic rings. The van der Waals surface area contributed by atoms with Gasteiger partial charge in [0.05, 0.1) is 16.1 Å². The van der Waals surface area contributed by atoms with E-state index < -0.39 is 23.1 Å². The molecule has 6 nitrogen and oxygen atoms in total. The summed E-state index contributed by atoms with van der Waals surface area (Å²) in [5.74, 6) is 0. The summed E-state index contributed by atoms with van der Waals surface area (Å²) in [6.45, 7) is 1.91. The van der Waals surface area contributed by atoms with Gasteiger partial charge in [-0.15, -0.1) is 0 Å². The number of hydrogen-bond acceptors (Lipinski definition) is 4. The Balaban J connectivity index is 1.92. The second kappa shape index (κ2) is 5.95. The van der Waals surface area contributed by atoms with Crippen molar-refractivity contribution in [2.75, 3.05) is 0 Å². The third kappa shape index (κ3) is 2.87. The van der Waals surface area contributed by atoms with Crippen molar-refractivity contribution >= 4 is 21.6 Å². The van der Waals surface area contributed by atoms with Crippen LogP contribution < -0.4 is 11.2 Å². The van der Waals surface area contributed by atoms with Gasteiger partial charge >= 0.3 is 11.9 Å². The van der Waals surface area contributed by atoms with Crippen LogP contribution in [0.5, 0.6) is 0 Å². The summed E-state index contributed by atoms with van der Waals surface area (Å²) in [5, 5.41) is 0.689. The molecule has 1 aromatic carbocycles. The zero-order chi connectivity index (χ0) is 19.3. The topological polar surface area (TPSA) is 83.5 Å². The molecule has 138 valence electrons. The molecule has 0 amide bonds. The Morgan fingerprint density at radius 3 is 2.56 bits per heavy atom. The molecule has 0 unspecified atom stereocenters. The van der Waals surface area contributed by atoms with E-state index in [9.17, 15) is 22.8 Å². The number of benzene rings is 1. The third-order valence-corrected chi connectivity index (χ3v) is 4.97. The molecule has 0 aliphatic rings. The number of rotatable bonds is 2. The monoisotopic (exact) mass is 392 g/mol. The van der Waals surface area contributed by atoms with Crippen LogP contribution in [0, 0.1) is 6.92 Å². The normalized spacial score (nSPS) is 12.0. The second-order valence-electron chi connectivity index (χ2n) is 5.91. The molecule has 0 atom stereocenters. The molecule has 0 saturated carbocycles. The molecule has 0 radical (unpaired) electrons. The fraction of sp³-hybridized carbons (Fsp3) is 0.118. The van der Waals surface area contributed by atoms with Gasteiger partial charge in [-0.05, 0) is 48.3 Å². The van der Waals surface area contributed by atoms with E-state index in [4.69, 9.17) is 0 Å². The molecule has 0 fully saturated rings. The van der Waals surface area contributed by atoms with E-state index in [1.165, 1.54) is 17.6 Å². The first-order chi connectivity index (χ1) is 12.8. The van der Waals surface area contributed by atoms with Crippen molar-refractivity contribution in [3.05, 3.63) is 68.6 Å². The Morgan fingerprint density at radius 1 is 1.15 bits per heavy atom. The number of fused-ring (bicyclic) bond motifs is 1. The van der Waals surface area contributed by atoms with Crippen LogP contribution in [0.4, 0.5) is 13.2 Å². The molecule has 27 heavy (non-hydrogen) atoms. The van der Waals surface area contributed by atoms with E-state index in [1.54, 1.807) is 23.3 Å². The summed E-state index contributed by atoms with van der Waals surface area (Å²) in [6.07, 6.45) is -3.04. The van der Waals surface area contributed by atoms with Crippen molar-refractivity contribution in [3.8, 4) is 17.1 Å². The highest BCUT2D eigenvalue weighted by Crippen LogP contribution is 2.33. The minimum absolute atomic E-state index is 0.160. The number of nitrogens with zero attached hydrogens (tertiary/aromatic N) is 2. The summed E-state index contributed by atoms with van der Waals surface area (Å²) in [6, 6.07) is 6.99. The Morgan fingerprint density at radius 2 is 1.93 bits per heavy atom. The van der Waals surface area contributed by atoms with Crippen LogP contribution in [0.25, 0.3) is 27.2 Å². The van der Waals surface area contributed by atoms with Crippen LogP contribution in [0.15, 0.2) is 46.1 Å². The molecule has 3 heterocycles. The minimum Gasteiger partial charge on any atom is -0.360 e. The lowest BCUT2D eigenvalue weighted by Crippen LogP contribution is -2.35. The van der Waals surface area contributed by atoms with Gasteiger partial charge in [-0.3, -0.25) is 4.79 Å². The lowest BCUT2D eigenvalue weighted by Gasteiger charge is -2.09. The summed E-state index contributed by atoms with van der Waals surface area (Å²) >= 11 is 1.25. The maximum atomic E-state index is 12.8. The zero-order valence-corrected chi connectivity index (χ0v) is 14.5. The number of alkyl halides is 3. The summed E-state index contributed by atoms with van der Waals surface area (Å²) in [5.41, 5.74) is -1.02. The predicted octanol–water partition coefficient (Wildman–Crippen LogP) is 3.46. The highest BCUT2D eigenvalue weighted by atomic mass is 32.1. The SMILES string of the molecule is Cc1cc[nH]c1-c1nsc2ccc(-n3c(=O)cc(C(F)(F)F)[nH]c3=O)cc12. The molecule has 2 N–H and O–H groups in total. The van der Waals surface area contributed by atoms with Gasteiger partial charge in [-0.1, -0.05) is 0 Å². The Labute approximate surface area is 153 Å². The van der Waals surface area contributed by atoms with Crippen molar-refractivity contribution in [2.24, 2.45) is 0 Å². The Hall–Kier alpha value is -3.14. The molecule has 4 rings (SSSR count). The highest BCUT2D eigenvalue weighted by Gasteiger charge is 2.33. The largest absolute Gasteiger partial charge is 0.431 e. The number of aromatic amines is 2. The molecule has 0 aliphatic carbocycles. The molecule has 10 heteroatoms. The van der Waals surface area contributed by atoms with Crippen LogP contribution in [0.2, 0.25) is 0 Å². The maximum absolute atomic E-state index is 12.8. The fourth-order valence-corrected chi connectivity index (χ4v) is 3.60. The molecular formula is C17H11F3N4O2S. The van der Waals surface area contributed by atoms with E-state index in [-0.39, 0.29) is 5.69 Å². The van der Waals surface area contributed by atoms with Crippen molar-refractivity contribution in [1.29, 1.82) is 0 Å². The summed E-state index contributed by atoms with van der Waals surface area (Å²) in [7, 11) is 0. The quantitative estimate of drug-likeness (QED) is 0.548. The van der Waals surface area contributed by atoms with E-state index in [0.29, 0.717) is 21.7 Å². The molecule has 0 saturated heterocycles. The van der Waals surface area contributed by atoms with Crippen molar-refractivity contribution < 1.29 is 13.2 Å². The van der Waals surface area contributed by atoms with Gasteiger partial charge in [-0.2, -0.15) is 17.5 Å². The van der Waals surface area contributed by atoms with Gasteiger partial charge in [0.2, 0.25) is 0 Å². The lowest BCUT2D eigenvalue weighted by molar-refractivity contribution is -0.141. The molecular weight excluding hydrogens is 381 g/mol. The average molecular weight is 392 g/mol. The third-order valence-electron chi connectivity index (χ3n) is 4.14. The molecule has 0 spiro atoms. The Kier molecular flexibility index (Phi) is 3.81. The summed E-state index contributed by atoms with van der Waals surface area (Å²) in [4.78, 5) is 29.1. The van der Waals surface area contributed by atoms with Crippen LogP contribution >= 0.6 is 11.5 Å². The minimum atomic E-state index is -4.81. The summed E-state index contributed by atoms with van der Waals surface area (Å²) < 4.78 is 44.2. The van der Waals surface area contributed by atoms with Gasteiger partial charge in [0, 0.05) is 17.6 Å². The second-order valence-corrected chi connectivity index (χ2v) is 6.71. The number of aryl methyl sites for hydroxylation is 1. The number of halogens is 3. The first-order valence-corrected chi connectivity index (χ1v) is 8.51. The lowest BCUT2D eigenvalue weighted by atomic mass is 10.1. The standard InChI is InChI=1S/C17H11F3N4O2S/c1-8-4-5-21-14(8)15-10-6-9(2-3-11(10)27-23-15)24-13(25)7-12(17(18,19)20)22-16(24)26/h2-7,21H,1H3,(H,22,26). The van der Waals surface area contributed by atoms with E-state index >= 15 is 0 Å². The van der Waals surface area contributed by atoms with Crippen molar-refractivity contribution in [3.63, 3.8) is 0 Å². The number of hydrogen-bond donors (Lipinski definition) is 2.